The second-order valence-electron chi connectivity index (χ2n) is 5.48. The molecule has 4 nitrogen and oxygen atoms in total. The Morgan fingerprint density at radius 3 is 2.62 bits per heavy atom. The van der Waals surface area contributed by atoms with E-state index in [4.69, 9.17) is 4.74 Å². The van der Waals surface area contributed by atoms with E-state index >= 15 is 0 Å². The number of aryl methyl sites for hydroxylation is 2. The third-order valence-electron chi connectivity index (χ3n) is 3.61. The Labute approximate surface area is 140 Å². The second-order valence-corrected chi connectivity index (χ2v) is 5.48. The molecule has 1 N–H and O–H groups in total. The van der Waals surface area contributed by atoms with Gasteiger partial charge < -0.3 is 10.1 Å². The third kappa shape index (κ3) is 4.91. The van der Waals surface area contributed by atoms with Crippen LogP contribution in [0.4, 0.5) is 10.1 Å². The molecule has 2 aromatic rings. The number of rotatable bonds is 6. The van der Waals surface area contributed by atoms with Gasteiger partial charge in [0.1, 0.15) is 5.82 Å². The van der Waals surface area contributed by atoms with Crippen molar-refractivity contribution in [1.29, 1.82) is 0 Å². The first-order chi connectivity index (χ1) is 11.5. The minimum absolute atomic E-state index is 0.0738. The summed E-state index contributed by atoms with van der Waals surface area (Å²) < 4.78 is 18.0. The lowest BCUT2D eigenvalue weighted by molar-refractivity contribution is -0.146. The highest BCUT2D eigenvalue weighted by molar-refractivity contribution is 5.94. The van der Waals surface area contributed by atoms with Crippen LogP contribution in [0.5, 0.6) is 0 Å². The SMILES string of the molecule is CCc1cccc(C)c1NC(=O)COC(=O)Cc1cccc(F)c1. The summed E-state index contributed by atoms with van der Waals surface area (Å²) in [5.41, 5.74) is 3.24. The van der Waals surface area contributed by atoms with Gasteiger partial charge in [-0.2, -0.15) is 0 Å². The van der Waals surface area contributed by atoms with E-state index in [1.165, 1.54) is 18.2 Å². The van der Waals surface area contributed by atoms with E-state index in [0.717, 1.165) is 23.2 Å². The number of para-hydroxylation sites is 1. The zero-order valence-corrected chi connectivity index (χ0v) is 13.8. The first-order valence-electron chi connectivity index (χ1n) is 7.78. The molecule has 0 radical (unpaired) electrons. The summed E-state index contributed by atoms with van der Waals surface area (Å²) in [6.45, 7) is 3.54. The van der Waals surface area contributed by atoms with Gasteiger partial charge in [0.25, 0.3) is 5.91 Å². The van der Waals surface area contributed by atoms with Gasteiger partial charge in [-0.1, -0.05) is 37.3 Å². The van der Waals surface area contributed by atoms with E-state index in [9.17, 15) is 14.0 Å². The highest BCUT2D eigenvalue weighted by Gasteiger charge is 2.12. The zero-order chi connectivity index (χ0) is 17.5. The molecule has 0 saturated heterocycles. The maximum atomic E-state index is 13.1. The van der Waals surface area contributed by atoms with Crippen LogP contribution in [-0.2, 0) is 27.2 Å². The molecule has 0 aliphatic rings. The van der Waals surface area contributed by atoms with E-state index in [0.29, 0.717) is 5.56 Å². The number of carbonyl (C=O) groups is 2. The van der Waals surface area contributed by atoms with Gasteiger partial charge in [0.15, 0.2) is 6.61 Å². The molecule has 0 fully saturated rings. The van der Waals surface area contributed by atoms with Gasteiger partial charge in [0.2, 0.25) is 0 Å². The molecule has 0 saturated carbocycles. The first kappa shape index (κ1) is 17.7. The summed E-state index contributed by atoms with van der Waals surface area (Å²) in [5.74, 6) is -1.38. The molecule has 0 bridgehead atoms. The molecule has 0 heterocycles. The Morgan fingerprint density at radius 2 is 1.92 bits per heavy atom. The fourth-order valence-electron chi connectivity index (χ4n) is 2.39. The number of hydrogen-bond acceptors (Lipinski definition) is 3. The Morgan fingerprint density at radius 1 is 1.17 bits per heavy atom. The number of hydrogen-bond donors (Lipinski definition) is 1. The van der Waals surface area contributed by atoms with Gasteiger partial charge in [-0.3, -0.25) is 9.59 Å². The number of carbonyl (C=O) groups excluding carboxylic acids is 2. The molecule has 0 atom stereocenters. The number of halogens is 1. The summed E-state index contributed by atoms with van der Waals surface area (Å²) in [6, 6.07) is 11.5. The number of ether oxygens (including phenoxy) is 1. The summed E-state index contributed by atoms with van der Waals surface area (Å²) >= 11 is 0. The largest absolute Gasteiger partial charge is 0.455 e. The quantitative estimate of drug-likeness (QED) is 0.826. The zero-order valence-electron chi connectivity index (χ0n) is 13.8. The number of nitrogens with one attached hydrogen (secondary N) is 1. The van der Waals surface area contributed by atoms with Crippen LogP contribution in [0.25, 0.3) is 0 Å². The predicted molar refractivity (Wildman–Crippen MR) is 90.2 cm³/mol. The van der Waals surface area contributed by atoms with Crippen LogP contribution in [-0.4, -0.2) is 18.5 Å². The van der Waals surface area contributed by atoms with Crippen LogP contribution in [0.3, 0.4) is 0 Å². The Kier molecular flexibility index (Phi) is 6.07. The molecular formula is C19H20FNO3. The molecule has 0 spiro atoms. The van der Waals surface area contributed by atoms with Crippen molar-refractivity contribution in [3.63, 3.8) is 0 Å². The highest BCUT2D eigenvalue weighted by atomic mass is 19.1. The van der Waals surface area contributed by atoms with E-state index in [1.807, 2.05) is 32.0 Å². The van der Waals surface area contributed by atoms with Crippen molar-refractivity contribution in [3.05, 3.63) is 65.0 Å². The van der Waals surface area contributed by atoms with Gasteiger partial charge in [0, 0.05) is 5.69 Å². The first-order valence-corrected chi connectivity index (χ1v) is 7.78. The van der Waals surface area contributed by atoms with Crippen LogP contribution in [0.1, 0.15) is 23.6 Å². The lowest BCUT2D eigenvalue weighted by Gasteiger charge is -2.13. The lowest BCUT2D eigenvalue weighted by atomic mass is 10.1. The number of esters is 1. The average Bonchev–Trinajstić information content (AvgIpc) is 2.55. The summed E-state index contributed by atoms with van der Waals surface area (Å²) in [4.78, 5) is 23.7. The van der Waals surface area contributed by atoms with Crippen LogP contribution >= 0.6 is 0 Å². The standard InChI is InChI=1S/C19H20FNO3/c1-3-15-8-4-6-13(2)19(15)21-17(22)12-24-18(23)11-14-7-5-9-16(20)10-14/h4-10H,3,11-12H2,1-2H3,(H,21,22). The van der Waals surface area contributed by atoms with Gasteiger partial charge in [-0.05, 0) is 42.2 Å². The Hall–Kier alpha value is -2.69. The highest BCUT2D eigenvalue weighted by Crippen LogP contribution is 2.20. The third-order valence-corrected chi connectivity index (χ3v) is 3.61. The number of benzene rings is 2. The average molecular weight is 329 g/mol. The van der Waals surface area contributed by atoms with E-state index in [1.54, 1.807) is 6.07 Å². The van der Waals surface area contributed by atoms with Crippen LogP contribution in [0.2, 0.25) is 0 Å². The molecular weight excluding hydrogens is 309 g/mol. The smallest absolute Gasteiger partial charge is 0.310 e. The van der Waals surface area contributed by atoms with E-state index < -0.39 is 17.7 Å². The van der Waals surface area contributed by atoms with Crippen LogP contribution in [0, 0.1) is 12.7 Å². The van der Waals surface area contributed by atoms with Gasteiger partial charge in [-0.25, -0.2) is 4.39 Å². The normalized spacial score (nSPS) is 10.3. The molecule has 24 heavy (non-hydrogen) atoms. The maximum absolute atomic E-state index is 13.1. The Balaban J connectivity index is 1.88. The van der Waals surface area contributed by atoms with Crippen molar-refractivity contribution < 1.29 is 18.7 Å². The van der Waals surface area contributed by atoms with Crippen molar-refractivity contribution in [2.75, 3.05) is 11.9 Å². The number of anilines is 1. The van der Waals surface area contributed by atoms with E-state index in [2.05, 4.69) is 5.32 Å². The lowest BCUT2D eigenvalue weighted by Crippen LogP contribution is -2.22. The maximum Gasteiger partial charge on any atom is 0.310 e. The summed E-state index contributed by atoms with van der Waals surface area (Å²) in [6.07, 6.45) is 0.715. The molecule has 1 amide bonds. The topological polar surface area (TPSA) is 55.4 Å². The fourth-order valence-corrected chi connectivity index (χ4v) is 2.39. The van der Waals surface area contributed by atoms with Crippen LogP contribution in [0.15, 0.2) is 42.5 Å². The predicted octanol–water partition coefficient (Wildman–Crippen LogP) is 3.42. The molecule has 5 heteroatoms. The molecule has 2 aromatic carbocycles. The second kappa shape index (κ2) is 8.24. The van der Waals surface area contributed by atoms with Crippen molar-refractivity contribution in [2.24, 2.45) is 0 Å². The minimum Gasteiger partial charge on any atom is -0.455 e. The number of amides is 1. The molecule has 0 unspecified atom stereocenters. The van der Waals surface area contributed by atoms with Gasteiger partial charge >= 0.3 is 5.97 Å². The molecule has 2 rings (SSSR count). The monoisotopic (exact) mass is 329 g/mol. The van der Waals surface area contributed by atoms with Crippen molar-refractivity contribution >= 4 is 17.6 Å². The van der Waals surface area contributed by atoms with E-state index in [-0.39, 0.29) is 13.0 Å². The Bertz CT molecular complexity index is 743. The fraction of sp³-hybridized carbons (Fsp3) is 0.263. The summed E-state index contributed by atoms with van der Waals surface area (Å²) in [7, 11) is 0. The van der Waals surface area contributed by atoms with Crippen LogP contribution < -0.4 is 5.32 Å². The van der Waals surface area contributed by atoms with Crippen molar-refractivity contribution in [3.8, 4) is 0 Å². The summed E-state index contributed by atoms with van der Waals surface area (Å²) in [5, 5.41) is 2.78. The molecule has 0 aliphatic carbocycles. The minimum atomic E-state index is -0.573. The van der Waals surface area contributed by atoms with Gasteiger partial charge in [-0.15, -0.1) is 0 Å². The molecule has 0 aromatic heterocycles. The molecule has 126 valence electrons. The molecule has 0 aliphatic heterocycles. The van der Waals surface area contributed by atoms with Crippen molar-refractivity contribution in [1.82, 2.24) is 0 Å². The van der Waals surface area contributed by atoms with Gasteiger partial charge in [0.05, 0.1) is 6.42 Å². The van der Waals surface area contributed by atoms with Crippen molar-refractivity contribution in [2.45, 2.75) is 26.7 Å².